The predicted molar refractivity (Wildman–Crippen MR) is 113 cm³/mol. The van der Waals surface area contributed by atoms with Gasteiger partial charge < -0.3 is 15.2 Å². The van der Waals surface area contributed by atoms with Crippen molar-refractivity contribution >= 4 is 29.3 Å². The minimum absolute atomic E-state index is 0.169. The predicted octanol–water partition coefficient (Wildman–Crippen LogP) is 2.84. The van der Waals surface area contributed by atoms with Crippen molar-refractivity contribution < 1.29 is 9.59 Å². The van der Waals surface area contributed by atoms with Gasteiger partial charge in [-0.2, -0.15) is 0 Å². The largest absolute Gasteiger partial charge is 0.352 e. The van der Waals surface area contributed by atoms with Crippen molar-refractivity contribution in [3.8, 4) is 11.4 Å². The van der Waals surface area contributed by atoms with Crippen molar-refractivity contribution in [2.24, 2.45) is 0 Å². The Labute approximate surface area is 173 Å². The van der Waals surface area contributed by atoms with Crippen molar-refractivity contribution in [1.29, 1.82) is 0 Å². The summed E-state index contributed by atoms with van der Waals surface area (Å²) >= 11 is 1.32. The Balaban J connectivity index is 1.64. The topological polar surface area (TPSA) is 102 Å². The molecule has 0 aliphatic carbocycles. The van der Waals surface area contributed by atoms with Crippen LogP contribution in [0.4, 0.5) is 5.69 Å². The summed E-state index contributed by atoms with van der Waals surface area (Å²) in [4.78, 5) is 28.3. The van der Waals surface area contributed by atoms with Crippen molar-refractivity contribution in [3.05, 3.63) is 54.4 Å². The maximum Gasteiger partial charge on any atom is 0.251 e. The van der Waals surface area contributed by atoms with Crippen LogP contribution >= 0.6 is 11.8 Å². The molecule has 0 unspecified atom stereocenters. The zero-order valence-corrected chi connectivity index (χ0v) is 17.1. The van der Waals surface area contributed by atoms with Crippen LogP contribution in [0, 0.1) is 0 Å². The number of thioether (sulfide) groups is 1. The molecule has 1 aromatic carbocycles. The molecule has 0 fully saturated rings. The van der Waals surface area contributed by atoms with Gasteiger partial charge in [0.15, 0.2) is 11.0 Å². The molecule has 2 amide bonds. The van der Waals surface area contributed by atoms with E-state index >= 15 is 0 Å². The average molecular weight is 411 g/mol. The van der Waals surface area contributed by atoms with Crippen molar-refractivity contribution in [2.45, 2.75) is 25.5 Å². The van der Waals surface area contributed by atoms with Gasteiger partial charge in [-0.25, -0.2) is 0 Å². The van der Waals surface area contributed by atoms with E-state index in [0.29, 0.717) is 29.5 Å². The van der Waals surface area contributed by atoms with E-state index in [2.05, 4.69) is 25.8 Å². The Morgan fingerprint density at radius 3 is 2.62 bits per heavy atom. The number of benzene rings is 1. The summed E-state index contributed by atoms with van der Waals surface area (Å²) in [5, 5.41) is 14.7. The summed E-state index contributed by atoms with van der Waals surface area (Å²) in [6, 6.07) is 10.6. The van der Waals surface area contributed by atoms with Gasteiger partial charge in [0.05, 0.1) is 5.75 Å². The van der Waals surface area contributed by atoms with E-state index in [1.165, 1.54) is 11.8 Å². The molecule has 0 saturated carbocycles. The number of carbonyl (C=O) groups excluding carboxylic acids is 2. The van der Waals surface area contributed by atoms with Gasteiger partial charge in [0.2, 0.25) is 5.91 Å². The highest BCUT2D eigenvalue weighted by Crippen LogP contribution is 2.23. The fourth-order valence-electron chi connectivity index (χ4n) is 2.72. The highest BCUT2D eigenvalue weighted by atomic mass is 32.2. The highest BCUT2D eigenvalue weighted by molar-refractivity contribution is 7.99. The number of rotatable bonds is 8. The van der Waals surface area contributed by atoms with Crippen LogP contribution in [0.1, 0.15) is 24.2 Å². The van der Waals surface area contributed by atoms with E-state index in [-0.39, 0.29) is 17.6 Å². The van der Waals surface area contributed by atoms with Gasteiger partial charge in [0, 0.05) is 42.3 Å². The fraction of sp³-hybridized carbons (Fsp3) is 0.250. The summed E-state index contributed by atoms with van der Waals surface area (Å²) in [6.07, 6.45) is 3.42. The number of nitrogens with one attached hydrogen (secondary N) is 2. The molecule has 3 rings (SSSR count). The first kappa shape index (κ1) is 20.5. The van der Waals surface area contributed by atoms with Gasteiger partial charge >= 0.3 is 0 Å². The zero-order chi connectivity index (χ0) is 20.6. The fourth-order valence-corrected chi connectivity index (χ4v) is 3.53. The van der Waals surface area contributed by atoms with Crippen LogP contribution < -0.4 is 10.6 Å². The van der Waals surface area contributed by atoms with E-state index in [9.17, 15) is 9.59 Å². The normalized spacial score (nSPS) is 10.6. The zero-order valence-electron chi connectivity index (χ0n) is 16.3. The summed E-state index contributed by atoms with van der Waals surface area (Å²) in [7, 11) is 0. The first-order valence-electron chi connectivity index (χ1n) is 9.26. The standard InChI is InChI=1S/C20H22N6O2S/c1-3-22-19(28)15-6-5-7-16(12-15)23-17(27)13-29-20-25-24-18(26(20)4-2)14-8-10-21-11-9-14/h5-12H,3-4,13H2,1-2H3,(H,22,28)(H,23,27). The number of hydrogen-bond acceptors (Lipinski definition) is 6. The molecule has 0 aliphatic rings. The van der Waals surface area contributed by atoms with Crippen LogP contribution in [-0.2, 0) is 11.3 Å². The molecule has 150 valence electrons. The molecule has 2 N–H and O–H groups in total. The quantitative estimate of drug-likeness (QED) is 0.554. The van der Waals surface area contributed by atoms with E-state index in [0.717, 1.165) is 11.4 Å². The Bertz CT molecular complexity index is 990. The number of nitrogens with zero attached hydrogens (tertiary/aromatic N) is 4. The number of hydrogen-bond donors (Lipinski definition) is 2. The third-order valence-corrected chi connectivity index (χ3v) is 5.02. The molecule has 0 atom stereocenters. The molecule has 2 aromatic heterocycles. The third-order valence-electron chi connectivity index (χ3n) is 4.05. The monoisotopic (exact) mass is 410 g/mol. The van der Waals surface area contributed by atoms with E-state index in [1.807, 2.05) is 30.5 Å². The first-order valence-corrected chi connectivity index (χ1v) is 10.3. The molecule has 8 nitrogen and oxygen atoms in total. The van der Waals surface area contributed by atoms with Gasteiger partial charge in [-0.3, -0.25) is 14.6 Å². The Kier molecular flexibility index (Phi) is 6.96. The smallest absolute Gasteiger partial charge is 0.251 e. The van der Waals surface area contributed by atoms with E-state index < -0.39 is 0 Å². The van der Waals surface area contributed by atoms with Crippen LogP contribution in [0.2, 0.25) is 0 Å². The first-order chi connectivity index (χ1) is 14.1. The van der Waals surface area contributed by atoms with Crippen molar-refractivity contribution in [2.75, 3.05) is 17.6 Å². The van der Waals surface area contributed by atoms with Gasteiger partial charge in [-0.1, -0.05) is 17.8 Å². The van der Waals surface area contributed by atoms with Gasteiger partial charge in [0.1, 0.15) is 0 Å². The number of pyridine rings is 1. The molecule has 0 aliphatic heterocycles. The highest BCUT2D eigenvalue weighted by Gasteiger charge is 2.15. The molecular weight excluding hydrogens is 388 g/mol. The number of amides is 2. The maximum absolute atomic E-state index is 12.4. The Morgan fingerprint density at radius 1 is 1.10 bits per heavy atom. The number of carbonyl (C=O) groups is 2. The Hall–Kier alpha value is -3.20. The summed E-state index contributed by atoms with van der Waals surface area (Å²) in [6.45, 7) is 5.09. The van der Waals surface area contributed by atoms with E-state index in [4.69, 9.17) is 0 Å². The molecule has 2 heterocycles. The second kappa shape index (κ2) is 9.83. The lowest BCUT2D eigenvalue weighted by molar-refractivity contribution is -0.113. The summed E-state index contributed by atoms with van der Waals surface area (Å²) in [5.41, 5.74) is 2.01. The molecule has 0 saturated heterocycles. The van der Waals surface area contributed by atoms with Crippen LogP contribution in [0.3, 0.4) is 0 Å². The molecule has 0 bridgehead atoms. The SMILES string of the molecule is CCNC(=O)c1cccc(NC(=O)CSc2nnc(-c3ccncc3)n2CC)c1. The average Bonchev–Trinajstić information content (AvgIpc) is 3.16. The molecule has 0 radical (unpaired) electrons. The van der Waals surface area contributed by atoms with Crippen LogP contribution in [-0.4, -0.2) is 43.9 Å². The third kappa shape index (κ3) is 5.20. The van der Waals surface area contributed by atoms with Crippen LogP contribution in [0.5, 0.6) is 0 Å². The molecule has 3 aromatic rings. The van der Waals surface area contributed by atoms with Crippen LogP contribution in [0.25, 0.3) is 11.4 Å². The maximum atomic E-state index is 12.4. The second-order valence-corrected chi connectivity index (χ2v) is 7.01. The summed E-state index contributed by atoms with van der Waals surface area (Å²) < 4.78 is 1.96. The van der Waals surface area contributed by atoms with Crippen LogP contribution in [0.15, 0.2) is 53.9 Å². The number of aromatic nitrogens is 4. The van der Waals surface area contributed by atoms with Crippen molar-refractivity contribution in [1.82, 2.24) is 25.1 Å². The van der Waals surface area contributed by atoms with Gasteiger partial charge in [-0.15, -0.1) is 10.2 Å². The summed E-state index contributed by atoms with van der Waals surface area (Å²) in [5.74, 6) is 0.573. The molecule has 29 heavy (non-hydrogen) atoms. The van der Waals surface area contributed by atoms with Crippen molar-refractivity contribution in [3.63, 3.8) is 0 Å². The lowest BCUT2D eigenvalue weighted by Crippen LogP contribution is -2.23. The minimum Gasteiger partial charge on any atom is -0.352 e. The molecule has 0 spiro atoms. The number of anilines is 1. The van der Waals surface area contributed by atoms with Gasteiger partial charge in [-0.05, 0) is 44.2 Å². The lowest BCUT2D eigenvalue weighted by Gasteiger charge is -2.09. The minimum atomic E-state index is -0.181. The molecular formula is C20H22N6O2S. The second-order valence-electron chi connectivity index (χ2n) is 6.06. The van der Waals surface area contributed by atoms with E-state index in [1.54, 1.807) is 36.7 Å². The molecule has 9 heteroatoms. The van der Waals surface area contributed by atoms with Gasteiger partial charge in [0.25, 0.3) is 5.91 Å². The lowest BCUT2D eigenvalue weighted by atomic mass is 10.2. The Morgan fingerprint density at radius 2 is 1.90 bits per heavy atom.